The lowest BCUT2D eigenvalue weighted by atomic mass is 10.2. The van der Waals surface area contributed by atoms with E-state index in [1.807, 2.05) is 84.9 Å². The smallest absolute Gasteiger partial charge is 0.494 e. The van der Waals surface area contributed by atoms with Gasteiger partial charge >= 0.3 is 6.16 Å². The fraction of sp³-hybridized carbons (Fsp3) is 0.240. The summed E-state index contributed by atoms with van der Waals surface area (Å²) in [6, 6.07) is 26.7. The minimum absolute atomic E-state index is 0.681. The van der Waals surface area contributed by atoms with E-state index < -0.39 is 16.5 Å². The molecule has 0 aliphatic heterocycles. The number of carboxylic acid groups (broad SMARTS) is 1. The van der Waals surface area contributed by atoms with E-state index in [0.29, 0.717) is 6.61 Å². The second-order valence-electron chi connectivity index (χ2n) is 6.91. The van der Waals surface area contributed by atoms with E-state index in [9.17, 15) is 9.90 Å². The van der Waals surface area contributed by atoms with Gasteiger partial charge in [-0.3, -0.25) is 0 Å². The molecule has 0 unspecified atom stereocenters. The van der Waals surface area contributed by atoms with Crippen molar-refractivity contribution in [1.82, 2.24) is 0 Å². The van der Waals surface area contributed by atoms with Crippen molar-refractivity contribution in [2.45, 2.75) is 47.3 Å². The molecule has 0 radical (unpaired) electrons. The maximum absolute atomic E-state index is 11.8. The highest BCUT2D eigenvalue weighted by Crippen LogP contribution is 2.69. The van der Waals surface area contributed by atoms with E-state index in [1.165, 1.54) is 12.8 Å². The van der Waals surface area contributed by atoms with E-state index in [-0.39, 0.29) is 0 Å². The van der Waals surface area contributed by atoms with Crippen LogP contribution in [-0.4, -0.2) is 17.9 Å². The van der Waals surface area contributed by atoms with Crippen LogP contribution < -0.4 is 4.74 Å². The molecule has 0 bridgehead atoms. The first-order valence-corrected chi connectivity index (χ1v) is 11.8. The van der Waals surface area contributed by atoms with Crippen LogP contribution in [0.15, 0.2) is 99.6 Å². The summed E-state index contributed by atoms with van der Waals surface area (Å²) in [5.74, 6) is 0.778. The number of hydrogen-bond donors (Lipinski definition) is 1. The summed E-state index contributed by atoms with van der Waals surface area (Å²) in [5, 5.41) is 9.65. The van der Waals surface area contributed by atoms with Crippen LogP contribution in [-0.2, 0) is 4.18 Å². The van der Waals surface area contributed by atoms with Crippen LogP contribution >= 0.6 is 10.3 Å². The Bertz CT molecular complexity index is 871. The molecule has 0 aromatic heterocycles. The van der Waals surface area contributed by atoms with Crippen LogP contribution in [0.1, 0.15) is 32.6 Å². The molecule has 0 heterocycles. The maximum Gasteiger partial charge on any atom is 0.517 e. The molecule has 4 nitrogen and oxygen atoms in total. The van der Waals surface area contributed by atoms with Gasteiger partial charge in [0.15, 0.2) is 0 Å². The van der Waals surface area contributed by atoms with Crippen LogP contribution in [0.2, 0.25) is 0 Å². The lowest BCUT2D eigenvalue weighted by Crippen LogP contribution is -2.12. The van der Waals surface area contributed by atoms with E-state index in [4.69, 9.17) is 8.92 Å². The van der Waals surface area contributed by atoms with Gasteiger partial charge in [0.05, 0.1) is 6.61 Å². The average molecular weight is 425 g/mol. The summed E-state index contributed by atoms with van der Waals surface area (Å²) in [6.07, 6.45) is 3.31. The monoisotopic (exact) mass is 424 g/mol. The van der Waals surface area contributed by atoms with Gasteiger partial charge in [-0.1, -0.05) is 62.6 Å². The van der Waals surface area contributed by atoms with Gasteiger partial charge in [0.2, 0.25) is 0 Å². The Morgan fingerprint density at radius 2 is 1.30 bits per heavy atom. The molecule has 3 rings (SSSR count). The van der Waals surface area contributed by atoms with Crippen molar-refractivity contribution in [1.29, 1.82) is 0 Å². The normalized spacial score (nSPS) is 11.6. The van der Waals surface area contributed by atoms with E-state index in [0.717, 1.165) is 33.3 Å². The number of benzene rings is 3. The molecular weight excluding hydrogens is 396 g/mol. The summed E-state index contributed by atoms with van der Waals surface area (Å²) < 4.78 is 11.6. The summed E-state index contributed by atoms with van der Waals surface area (Å²) in [5.41, 5.74) is 0. The van der Waals surface area contributed by atoms with Crippen molar-refractivity contribution in [3.63, 3.8) is 0 Å². The molecule has 158 valence electrons. The van der Waals surface area contributed by atoms with Gasteiger partial charge in [-0.25, -0.2) is 4.79 Å². The van der Waals surface area contributed by atoms with E-state index in [1.54, 1.807) is 0 Å². The maximum atomic E-state index is 11.8. The zero-order chi connectivity index (χ0) is 21.2. The van der Waals surface area contributed by atoms with Crippen LogP contribution in [0.3, 0.4) is 0 Å². The van der Waals surface area contributed by atoms with E-state index in [2.05, 4.69) is 6.92 Å². The van der Waals surface area contributed by atoms with Crippen molar-refractivity contribution in [3.8, 4) is 5.75 Å². The quantitative estimate of drug-likeness (QED) is 0.342. The standard InChI is InChI=1S/C25H28O4S/c1-2-3-4-11-20-28-21-16-18-24(19-17-21)30(29-25(26)27,22-12-7-5-8-13-22)23-14-9-6-10-15-23/h5-10,12-19H,2-4,11,20H2,1H3,(H,26,27). The average Bonchev–Trinajstić information content (AvgIpc) is 2.79. The first-order chi connectivity index (χ1) is 14.7. The molecule has 1 N–H and O–H groups in total. The van der Waals surface area contributed by atoms with Crippen molar-refractivity contribution in [3.05, 3.63) is 84.9 Å². The Kier molecular flexibility index (Phi) is 7.80. The van der Waals surface area contributed by atoms with Gasteiger partial charge < -0.3 is 14.0 Å². The van der Waals surface area contributed by atoms with Crippen LogP contribution in [0, 0.1) is 0 Å². The molecule has 3 aromatic rings. The Balaban J connectivity index is 1.97. The van der Waals surface area contributed by atoms with Crippen LogP contribution in [0.5, 0.6) is 5.75 Å². The number of rotatable bonds is 10. The van der Waals surface area contributed by atoms with Gasteiger partial charge in [-0.15, -0.1) is 0 Å². The summed E-state index contributed by atoms with van der Waals surface area (Å²) in [4.78, 5) is 14.3. The largest absolute Gasteiger partial charge is 0.517 e. The van der Waals surface area contributed by atoms with Gasteiger partial charge in [0.1, 0.15) is 5.75 Å². The molecule has 0 atom stereocenters. The predicted octanol–water partition coefficient (Wildman–Crippen LogP) is 7.54. The van der Waals surface area contributed by atoms with Gasteiger partial charge in [0.25, 0.3) is 0 Å². The third-order valence-electron chi connectivity index (χ3n) is 4.77. The summed E-state index contributed by atoms with van der Waals surface area (Å²) >= 11 is 0. The second kappa shape index (κ2) is 10.7. The molecule has 5 heteroatoms. The summed E-state index contributed by atoms with van der Waals surface area (Å²) in [6.45, 7) is 2.87. The molecule has 0 saturated carbocycles. The molecule has 0 spiro atoms. The fourth-order valence-electron chi connectivity index (χ4n) is 3.33. The molecule has 0 aliphatic carbocycles. The molecule has 0 fully saturated rings. The van der Waals surface area contributed by atoms with Crippen molar-refractivity contribution in [2.24, 2.45) is 0 Å². The number of hydrogen-bond acceptors (Lipinski definition) is 3. The van der Waals surface area contributed by atoms with Gasteiger partial charge in [-0.05, 0) is 65.3 Å². The summed E-state index contributed by atoms with van der Waals surface area (Å²) in [7, 11) is -2.44. The van der Waals surface area contributed by atoms with Crippen molar-refractivity contribution < 1.29 is 18.8 Å². The SMILES string of the molecule is CCCCCCOc1ccc(S(OC(=O)O)(c2ccccc2)c2ccccc2)cc1. The highest BCUT2D eigenvalue weighted by atomic mass is 32.3. The van der Waals surface area contributed by atoms with Crippen LogP contribution in [0.4, 0.5) is 4.79 Å². The van der Waals surface area contributed by atoms with Crippen LogP contribution in [0.25, 0.3) is 0 Å². The lowest BCUT2D eigenvalue weighted by Gasteiger charge is -2.38. The van der Waals surface area contributed by atoms with E-state index >= 15 is 0 Å². The Labute approximate surface area is 180 Å². The fourth-order valence-corrected chi connectivity index (χ4v) is 6.25. The first kappa shape index (κ1) is 21.8. The number of carbonyl (C=O) groups is 1. The Morgan fingerprint density at radius 3 is 1.80 bits per heavy atom. The Hall–Kier alpha value is -2.92. The van der Waals surface area contributed by atoms with Crippen molar-refractivity contribution >= 4 is 16.5 Å². The minimum Gasteiger partial charge on any atom is -0.494 e. The number of ether oxygens (including phenoxy) is 1. The van der Waals surface area contributed by atoms with Crippen molar-refractivity contribution in [2.75, 3.05) is 6.61 Å². The molecule has 0 saturated heterocycles. The molecule has 30 heavy (non-hydrogen) atoms. The van der Waals surface area contributed by atoms with Gasteiger partial charge in [0, 0.05) is 14.7 Å². The number of unbranched alkanes of at least 4 members (excludes halogenated alkanes) is 3. The first-order valence-electron chi connectivity index (χ1n) is 10.3. The zero-order valence-corrected chi connectivity index (χ0v) is 18.0. The third kappa shape index (κ3) is 5.16. The highest BCUT2D eigenvalue weighted by molar-refractivity contribution is 8.30. The Morgan fingerprint density at radius 1 is 0.767 bits per heavy atom. The lowest BCUT2D eigenvalue weighted by molar-refractivity contribution is 0.150. The molecular formula is C25H28O4S. The molecule has 0 aliphatic rings. The molecule has 0 amide bonds. The highest BCUT2D eigenvalue weighted by Gasteiger charge is 2.35. The third-order valence-corrected chi connectivity index (χ3v) is 7.97. The molecule has 3 aromatic carbocycles. The van der Waals surface area contributed by atoms with Gasteiger partial charge in [-0.2, -0.15) is 0 Å². The predicted molar refractivity (Wildman–Crippen MR) is 120 cm³/mol. The minimum atomic E-state index is -2.44. The topological polar surface area (TPSA) is 55.8 Å². The zero-order valence-electron chi connectivity index (χ0n) is 17.2. The second-order valence-corrected chi connectivity index (χ2v) is 9.61.